The average molecular weight is 504 g/mol. The van der Waals surface area contributed by atoms with E-state index in [4.69, 9.17) is 4.52 Å². The predicted molar refractivity (Wildman–Crippen MR) is 126 cm³/mol. The minimum absolute atomic E-state index is 0.0505. The molecular weight excluding hydrogens is 476 g/mol. The zero-order chi connectivity index (χ0) is 25.3. The number of nitrogens with one attached hydrogen (secondary N) is 1. The molecule has 1 saturated heterocycles. The molecule has 3 atom stereocenters. The van der Waals surface area contributed by atoms with Gasteiger partial charge in [-0.3, -0.25) is 4.79 Å². The Hall–Kier alpha value is -3.11. The highest BCUT2D eigenvalue weighted by molar-refractivity contribution is 7.89. The second-order valence-electron chi connectivity index (χ2n) is 8.87. The van der Waals surface area contributed by atoms with Gasteiger partial charge in [-0.2, -0.15) is 4.31 Å². The molecule has 35 heavy (non-hydrogen) atoms. The maximum atomic E-state index is 15.1. The Kier molecular flexibility index (Phi) is 7.05. The van der Waals surface area contributed by atoms with Crippen LogP contribution in [0.5, 0.6) is 0 Å². The van der Waals surface area contributed by atoms with Crippen molar-refractivity contribution in [1.82, 2.24) is 14.8 Å². The van der Waals surface area contributed by atoms with E-state index >= 15 is 8.78 Å². The molecule has 10 heteroatoms. The van der Waals surface area contributed by atoms with Gasteiger partial charge in [0.25, 0.3) is 5.91 Å². The number of amides is 1. The van der Waals surface area contributed by atoms with Gasteiger partial charge in [0.15, 0.2) is 0 Å². The molecule has 2 heterocycles. The van der Waals surface area contributed by atoms with E-state index in [1.165, 1.54) is 17.4 Å². The van der Waals surface area contributed by atoms with Gasteiger partial charge in [0.1, 0.15) is 28.2 Å². The maximum absolute atomic E-state index is 15.1. The molecule has 1 aliphatic rings. The third-order valence-corrected chi connectivity index (χ3v) is 8.87. The summed E-state index contributed by atoms with van der Waals surface area (Å²) in [7, 11) is -3.79. The van der Waals surface area contributed by atoms with Crippen LogP contribution in [0.25, 0.3) is 0 Å². The molecular formula is C25H27F2N3O4S. The van der Waals surface area contributed by atoms with Crippen molar-refractivity contribution in [2.24, 2.45) is 0 Å². The molecule has 1 aromatic heterocycles. The largest absolute Gasteiger partial charge is 0.361 e. The first-order valence-electron chi connectivity index (χ1n) is 11.3. The summed E-state index contributed by atoms with van der Waals surface area (Å²) in [6, 6.07) is 9.72. The smallest absolute Gasteiger partial charge is 0.256 e. The molecule has 1 fully saturated rings. The summed E-state index contributed by atoms with van der Waals surface area (Å²) in [4.78, 5) is 12.4. The number of benzene rings is 2. The van der Waals surface area contributed by atoms with Crippen LogP contribution in [0.3, 0.4) is 0 Å². The molecule has 0 bridgehead atoms. The number of nitrogens with zero attached hydrogens (tertiary/aromatic N) is 2. The summed E-state index contributed by atoms with van der Waals surface area (Å²) in [5, 5.41) is 5.41. The normalized spacial score (nSPS) is 20.9. The molecule has 186 valence electrons. The molecule has 0 radical (unpaired) electrons. The molecule has 7 nitrogen and oxygen atoms in total. The van der Waals surface area contributed by atoms with Crippen LogP contribution < -0.4 is 5.32 Å². The second-order valence-corrected chi connectivity index (χ2v) is 10.9. The van der Waals surface area contributed by atoms with Crippen molar-refractivity contribution in [3.63, 3.8) is 0 Å². The van der Waals surface area contributed by atoms with Gasteiger partial charge in [0, 0.05) is 23.7 Å². The van der Waals surface area contributed by atoms with Gasteiger partial charge in [-0.25, -0.2) is 17.2 Å². The number of hydrogen-bond acceptors (Lipinski definition) is 5. The van der Waals surface area contributed by atoms with Crippen molar-refractivity contribution in [2.45, 2.75) is 57.5 Å². The van der Waals surface area contributed by atoms with E-state index in [1.807, 2.05) is 6.07 Å². The quantitative estimate of drug-likeness (QED) is 0.521. The maximum Gasteiger partial charge on any atom is 0.256 e. The van der Waals surface area contributed by atoms with Gasteiger partial charge in [0.2, 0.25) is 10.0 Å². The van der Waals surface area contributed by atoms with Crippen LogP contribution in [0, 0.1) is 18.6 Å². The summed E-state index contributed by atoms with van der Waals surface area (Å²) in [6.07, 6.45) is 2.31. The van der Waals surface area contributed by atoms with Crippen LogP contribution >= 0.6 is 0 Å². The van der Waals surface area contributed by atoms with Gasteiger partial charge in [0.05, 0.1) is 12.2 Å². The van der Waals surface area contributed by atoms with Gasteiger partial charge in [-0.1, -0.05) is 35.5 Å². The molecule has 0 spiro atoms. The van der Waals surface area contributed by atoms with Crippen LogP contribution in [0.4, 0.5) is 8.78 Å². The lowest BCUT2D eigenvalue weighted by Crippen LogP contribution is -2.44. The first-order chi connectivity index (χ1) is 16.6. The summed E-state index contributed by atoms with van der Waals surface area (Å²) in [5.74, 6) is -1.70. The fourth-order valence-electron chi connectivity index (χ4n) is 4.45. The van der Waals surface area contributed by atoms with Crippen LogP contribution in [0.1, 0.15) is 70.8 Å². The second kappa shape index (κ2) is 9.87. The van der Waals surface area contributed by atoms with Gasteiger partial charge in [-0.05, 0) is 51.3 Å². The van der Waals surface area contributed by atoms with Crippen molar-refractivity contribution in [3.8, 4) is 0 Å². The number of halogens is 2. The van der Waals surface area contributed by atoms with Gasteiger partial charge in [-0.15, -0.1) is 0 Å². The van der Waals surface area contributed by atoms with Crippen LogP contribution in [-0.4, -0.2) is 29.8 Å². The molecule has 4 rings (SSSR count). The van der Waals surface area contributed by atoms with E-state index in [1.54, 1.807) is 38.1 Å². The predicted octanol–water partition coefficient (Wildman–Crippen LogP) is 4.81. The number of aryl methyl sites for hydroxylation is 1. The Morgan fingerprint density at radius 3 is 2.57 bits per heavy atom. The molecule has 1 amide bonds. The topological polar surface area (TPSA) is 92.5 Å². The van der Waals surface area contributed by atoms with Gasteiger partial charge >= 0.3 is 0 Å². The number of rotatable bonds is 6. The Bertz CT molecular complexity index is 1330. The molecule has 1 N–H and O–H groups in total. The van der Waals surface area contributed by atoms with Crippen molar-refractivity contribution in [1.29, 1.82) is 0 Å². The highest BCUT2D eigenvalue weighted by Crippen LogP contribution is 2.38. The minimum atomic E-state index is -3.79. The Balaban J connectivity index is 1.56. The fourth-order valence-corrected chi connectivity index (χ4v) is 6.63. The third-order valence-electron chi connectivity index (χ3n) is 6.50. The molecule has 0 saturated carbocycles. The zero-order valence-corrected chi connectivity index (χ0v) is 20.5. The van der Waals surface area contributed by atoms with Crippen molar-refractivity contribution >= 4 is 15.9 Å². The summed E-state index contributed by atoms with van der Waals surface area (Å²) >= 11 is 0. The van der Waals surface area contributed by atoms with Crippen molar-refractivity contribution in [3.05, 3.63) is 88.3 Å². The Morgan fingerprint density at radius 2 is 1.91 bits per heavy atom. The first-order valence-corrected chi connectivity index (χ1v) is 12.9. The molecule has 3 aromatic rings. The first kappa shape index (κ1) is 25.0. The lowest BCUT2D eigenvalue weighted by molar-refractivity contribution is 0.0937. The Morgan fingerprint density at radius 1 is 1.20 bits per heavy atom. The average Bonchev–Trinajstić information content (AvgIpc) is 3.24. The number of sulfonamides is 1. The molecule has 1 unspecified atom stereocenters. The molecule has 0 aliphatic carbocycles. The summed E-state index contributed by atoms with van der Waals surface area (Å²) in [5.41, 5.74) is 0.764. The van der Waals surface area contributed by atoms with Crippen LogP contribution in [0.2, 0.25) is 0 Å². The minimum Gasteiger partial charge on any atom is -0.361 e. The van der Waals surface area contributed by atoms with E-state index in [9.17, 15) is 13.2 Å². The van der Waals surface area contributed by atoms with E-state index in [2.05, 4.69) is 10.5 Å². The van der Waals surface area contributed by atoms with Crippen molar-refractivity contribution in [2.75, 3.05) is 0 Å². The highest BCUT2D eigenvalue weighted by Gasteiger charge is 2.40. The fraction of sp³-hybridized carbons (Fsp3) is 0.360. The number of carbonyl (C=O) groups is 1. The lowest BCUT2D eigenvalue weighted by atomic mass is 10.0. The number of hydrogen-bond donors (Lipinski definition) is 1. The summed E-state index contributed by atoms with van der Waals surface area (Å²) < 4.78 is 63.1. The van der Waals surface area contributed by atoms with E-state index in [0.717, 1.165) is 12.1 Å². The summed E-state index contributed by atoms with van der Waals surface area (Å²) in [6.45, 7) is 4.59. The molecule has 2 aromatic carbocycles. The lowest BCUT2D eigenvalue weighted by Gasteiger charge is -2.37. The number of aromatic nitrogens is 1. The van der Waals surface area contributed by atoms with Gasteiger partial charge < -0.3 is 9.84 Å². The Labute approximate surface area is 203 Å². The number of carbonyl (C=O) groups excluding carboxylic acids is 1. The van der Waals surface area contributed by atoms with Crippen LogP contribution in [0.15, 0.2) is 53.2 Å². The third kappa shape index (κ3) is 4.99. The van der Waals surface area contributed by atoms with E-state index in [0.29, 0.717) is 24.2 Å². The standard InChI is InChI=1S/C25H27F2N3O4S/c1-15-9-10-24(18-7-5-4-6-8-18)35(32,33)30(15)14-19-11-23(27)20(12-22(19)26)16(2)29-25(31)21-13-28-34-17(21)3/h4-8,11-13,15-16,24H,9-10,14H2,1-3H3,(H,29,31)/t15-,16?,24+/m0/s1. The molecule has 1 aliphatic heterocycles. The van der Waals surface area contributed by atoms with Crippen LogP contribution in [-0.2, 0) is 16.6 Å². The van der Waals surface area contributed by atoms with Crippen molar-refractivity contribution < 1.29 is 26.5 Å². The SMILES string of the molecule is Cc1oncc1C(=O)NC(C)c1cc(F)c(CN2[C@@H](C)CC[C@H](c3ccccc3)S2(=O)=O)cc1F. The highest BCUT2D eigenvalue weighted by atomic mass is 32.2. The van der Waals surface area contributed by atoms with E-state index in [-0.39, 0.29) is 29.3 Å². The zero-order valence-electron chi connectivity index (χ0n) is 19.7. The van der Waals surface area contributed by atoms with E-state index < -0.39 is 38.9 Å². The monoisotopic (exact) mass is 503 g/mol.